The van der Waals surface area contributed by atoms with Gasteiger partial charge < -0.3 is 10.4 Å². The third-order valence-corrected chi connectivity index (χ3v) is 7.17. The Labute approximate surface area is 202 Å². The number of alkyl halides is 2. The van der Waals surface area contributed by atoms with Crippen molar-refractivity contribution in [1.82, 2.24) is 0 Å². The molecule has 1 saturated carbocycles. The number of carboxylic acid groups (broad SMARTS) is 1. The van der Waals surface area contributed by atoms with Crippen LogP contribution in [-0.4, -0.2) is 22.9 Å². The summed E-state index contributed by atoms with van der Waals surface area (Å²) in [5.74, 6) is -7.62. The molecule has 33 heavy (non-hydrogen) atoms. The quantitative estimate of drug-likeness (QED) is 0.400. The van der Waals surface area contributed by atoms with Crippen molar-refractivity contribution in [2.24, 2.45) is 11.8 Å². The summed E-state index contributed by atoms with van der Waals surface area (Å²) in [7, 11) is 0. The minimum absolute atomic E-state index is 0.232. The molecule has 0 bridgehead atoms. The molecule has 1 aliphatic rings. The fourth-order valence-electron chi connectivity index (χ4n) is 4.73. The van der Waals surface area contributed by atoms with Crippen molar-refractivity contribution in [3.63, 3.8) is 0 Å². The molecule has 0 heterocycles. The molecule has 4 atom stereocenters. The van der Waals surface area contributed by atoms with Gasteiger partial charge in [-0.3, -0.25) is 9.59 Å². The van der Waals surface area contributed by atoms with Gasteiger partial charge in [-0.1, -0.05) is 55.2 Å². The van der Waals surface area contributed by atoms with E-state index in [0.717, 1.165) is 0 Å². The second-order valence-corrected chi connectivity index (χ2v) is 9.50. The molecule has 2 aromatic rings. The highest BCUT2D eigenvalue weighted by molar-refractivity contribution is 6.33. The number of anilines is 1. The van der Waals surface area contributed by atoms with Gasteiger partial charge in [0, 0.05) is 17.4 Å². The summed E-state index contributed by atoms with van der Waals surface area (Å²) < 4.78 is 29.4. The van der Waals surface area contributed by atoms with Crippen LogP contribution in [0.25, 0.3) is 0 Å². The lowest BCUT2D eigenvalue weighted by Crippen LogP contribution is -2.35. The van der Waals surface area contributed by atoms with Crippen LogP contribution in [0.15, 0.2) is 42.5 Å². The lowest BCUT2D eigenvalue weighted by Gasteiger charge is -2.28. The van der Waals surface area contributed by atoms with Gasteiger partial charge in [0.2, 0.25) is 5.91 Å². The SMILES string of the molecule is CCC(c1ccc(Cl)c(NC(=O)C(c2ccc(Cl)cc2)C2CCCC2(F)F)c1)[C@H](C)C(=O)O. The van der Waals surface area contributed by atoms with Gasteiger partial charge in [0.05, 0.1) is 22.5 Å². The highest BCUT2D eigenvalue weighted by Gasteiger charge is 2.50. The first-order valence-corrected chi connectivity index (χ1v) is 11.8. The van der Waals surface area contributed by atoms with Gasteiger partial charge in [0.25, 0.3) is 5.92 Å². The van der Waals surface area contributed by atoms with Crippen molar-refractivity contribution in [2.45, 2.75) is 57.3 Å². The molecule has 0 spiro atoms. The number of hydrogen-bond acceptors (Lipinski definition) is 2. The molecular weight excluding hydrogens is 471 g/mol. The summed E-state index contributed by atoms with van der Waals surface area (Å²) in [6.07, 6.45) is 0.896. The number of hydrogen-bond donors (Lipinski definition) is 2. The predicted octanol–water partition coefficient (Wildman–Crippen LogP) is 7.37. The first-order valence-electron chi connectivity index (χ1n) is 11.0. The Hall–Kier alpha value is -2.18. The zero-order valence-electron chi connectivity index (χ0n) is 18.5. The number of halogens is 4. The van der Waals surface area contributed by atoms with Crippen LogP contribution in [0.5, 0.6) is 0 Å². The number of rotatable bonds is 8. The zero-order chi connectivity index (χ0) is 24.3. The van der Waals surface area contributed by atoms with Gasteiger partial charge in [0.15, 0.2) is 0 Å². The molecular formula is C25H27Cl2F2NO3. The highest BCUT2D eigenvalue weighted by atomic mass is 35.5. The van der Waals surface area contributed by atoms with Gasteiger partial charge in [0.1, 0.15) is 0 Å². The van der Waals surface area contributed by atoms with Gasteiger partial charge in [-0.05, 0) is 60.6 Å². The number of benzene rings is 2. The van der Waals surface area contributed by atoms with Crippen molar-refractivity contribution < 1.29 is 23.5 Å². The highest BCUT2D eigenvalue weighted by Crippen LogP contribution is 2.48. The summed E-state index contributed by atoms with van der Waals surface area (Å²) in [6, 6.07) is 11.3. The van der Waals surface area contributed by atoms with Gasteiger partial charge in [-0.2, -0.15) is 0 Å². The van der Waals surface area contributed by atoms with Gasteiger partial charge in [-0.25, -0.2) is 8.78 Å². The lowest BCUT2D eigenvalue weighted by atomic mass is 9.82. The van der Waals surface area contributed by atoms with Gasteiger partial charge in [-0.15, -0.1) is 0 Å². The van der Waals surface area contributed by atoms with E-state index in [4.69, 9.17) is 23.2 Å². The summed E-state index contributed by atoms with van der Waals surface area (Å²) in [6.45, 7) is 3.51. The van der Waals surface area contributed by atoms with E-state index in [-0.39, 0.29) is 29.5 Å². The fourth-order valence-corrected chi connectivity index (χ4v) is 5.02. The van der Waals surface area contributed by atoms with E-state index in [1.54, 1.807) is 49.4 Å². The molecule has 0 radical (unpaired) electrons. The second kappa shape index (κ2) is 10.4. The summed E-state index contributed by atoms with van der Waals surface area (Å²) in [4.78, 5) is 24.9. The van der Waals surface area contributed by atoms with Crippen LogP contribution in [0.2, 0.25) is 10.0 Å². The Balaban J connectivity index is 1.95. The third-order valence-electron chi connectivity index (χ3n) is 6.59. The van der Waals surface area contributed by atoms with Crippen LogP contribution in [0.1, 0.15) is 62.5 Å². The van der Waals surface area contributed by atoms with Crippen LogP contribution in [0.4, 0.5) is 14.5 Å². The Morgan fingerprint density at radius 3 is 2.33 bits per heavy atom. The monoisotopic (exact) mass is 497 g/mol. The molecule has 1 amide bonds. The molecule has 0 aromatic heterocycles. The average Bonchev–Trinajstić information content (AvgIpc) is 3.11. The number of carboxylic acids is 1. The molecule has 3 unspecified atom stereocenters. The molecule has 8 heteroatoms. The van der Waals surface area contributed by atoms with E-state index < -0.39 is 35.6 Å². The van der Waals surface area contributed by atoms with E-state index in [0.29, 0.717) is 29.0 Å². The average molecular weight is 498 g/mol. The number of aliphatic carboxylic acids is 1. The van der Waals surface area contributed by atoms with Crippen molar-refractivity contribution >= 4 is 40.8 Å². The topological polar surface area (TPSA) is 66.4 Å². The van der Waals surface area contributed by atoms with Crippen molar-refractivity contribution in [2.75, 3.05) is 5.32 Å². The molecule has 1 aliphatic carbocycles. The minimum atomic E-state index is -2.96. The maximum Gasteiger partial charge on any atom is 0.306 e. The molecule has 0 aliphatic heterocycles. The number of nitrogens with one attached hydrogen (secondary N) is 1. The molecule has 2 aromatic carbocycles. The summed E-state index contributed by atoms with van der Waals surface area (Å²) in [5.41, 5.74) is 1.44. The summed E-state index contributed by atoms with van der Waals surface area (Å²) in [5, 5.41) is 12.9. The first kappa shape index (κ1) is 25.4. The van der Waals surface area contributed by atoms with E-state index in [2.05, 4.69) is 5.32 Å². The Morgan fingerprint density at radius 1 is 1.15 bits per heavy atom. The minimum Gasteiger partial charge on any atom is -0.481 e. The smallest absolute Gasteiger partial charge is 0.306 e. The Bertz CT molecular complexity index is 1010. The maximum atomic E-state index is 14.7. The van der Waals surface area contributed by atoms with Crippen LogP contribution in [-0.2, 0) is 9.59 Å². The van der Waals surface area contributed by atoms with Crippen LogP contribution in [0.3, 0.4) is 0 Å². The number of carbonyl (C=O) groups excluding carboxylic acids is 1. The van der Waals surface area contributed by atoms with Crippen LogP contribution in [0, 0.1) is 11.8 Å². The summed E-state index contributed by atoms with van der Waals surface area (Å²) >= 11 is 12.3. The molecule has 0 saturated heterocycles. The lowest BCUT2D eigenvalue weighted by molar-refractivity contribution is -0.142. The number of amides is 1. The molecule has 178 valence electrons. The maximum absolute atomic E-state index is 14.7. The third kappa shape index (κ3) is 5.67. The Morgan fingerprint density at radius 2 is 1.79 bits per heavy atom. The molecule has 1 fully saturated rings. The zero-order valence-corrected chi connectivity index (χ0v) is 20.0. The van der Waals surface area contributed by atoms with Crippen LogP contribution >= 0.6 is 23.2 Å². The molecule has 4 nitrogen and oxygen atoms in total. The van der Waals surface area contributed by atoms with Gasteiger partial charge >= 0.3 is 5.97 Å². The van der Waals surface area contributed by atoms with E-state index >= 15 is 0 Å². The van der Waals surface area contributed by atoms with E-state index in [1.165, 1.54) is 0 Å². The van der Waals surface area contributed by atoms with Crippen molar-refractivity contribution in [3.05, 3.63) is 63.6 Å². The van der Waals surface area contributed by atoms with E-state index in [9.17, 15) is 23.5 Å². The van der Waals surface area contributed by atoms with Crippen LogP contribution < -0.4 is 5.32 Å². The normalized spacial score (nSPS) is 20.1. The first-order chi connectivity index (χ1) is 15.5. The number of carbonyl (C=O) groups is 2. The standard InChI is InChI=1S/C25H27Cl2F2NO3/c1-3-18(14(2)24(32)33)16-8-11-20(27)21(13-16)30-23(31)22(15-6-9-17(26)10-7-15)19-5-4-12-25(19,28)29/h6-11,13-14,18-19,22H,3-5,12H2,1-2H3,(H,30,31)(H,32,33)/t14-,18?,19?,22?/m0/s1. The molecule has 2 N–H and O–H groups in total. The van der Waals surface area contributed by atoms with E-state index in [1.807, 2.05) is 6.92 Å². The fraction of sp³-hybridized carbons (Fsp3) is 0.440. The second-order valence-electron chi connectivity index (χ2n) is 8.66. The van der Waals surface area contributed by atoms with Crippen molar-refractivity contribution in [1.29, 1.82) is 0 Å². The van der Waals surface area contributed by atoms with Crippen molar-refractivity contribution in [3.8, 4) is 0 Å². The Kier molecular flexibility index (Phi) is 8.01. The largest absolute Gasteiger partial charge is 0.481 e. The predicted molar refractivity (Wildman–Crippen MR) is 126 cm³/mol. The molecule has 3 rings (SSSR count).